The number of methoxy groups -OCH3 is 1. The Bertz CT molecular complexity index is 1340. The van der Waals surface area contributed by atoms with Crippen LogP contribution in [0.2, 0.25) is 0 Å². The number of aromatic amines is 1. The van der Waals surface area contributed by atoms with Gasteiger partial charge in [-0.05, 0) is 79.8 Å². The number of nitrogens with one attached hydrogen (secondary N) is 2. The quantitative estimate of drug-likeness (QED) is 0.395. The Balaban J connectivity index is 1.57. The number of hydrogen-bond donors (Lipinski definition) is 2. The summed E-state index contributed by atoms with van der Waals surface area (Å²) < 4.78 is 5.46. The maximum absolute atomic E-state index is 13.5. The molecule has 5 heteroatoms. The summed E-state index contributed by atoms with van der Waals surface area (Å²) in [6, 6.07) is 20.3. The largest absolute Gasteiger partial charge is 0.497 e. The van der Waals surface area contributed by atoms with Crippen LogP contribution in [0.15, 0.2) is 60.7 Å². The molecular weight excluding hydrogens is 410 g/mol. The lowest BCUT2D eigenvalue weighted by molar-refractivity contribution is 0.193. The molecule has 2 amide bonds. The summed E-state index contributed by atoms with van der Waals surface area (Å²) in [4.78, 5) is 19.1. The number of anilines is 1. The second-order valence-electron chi connectivity index (χ2n) is 8.91. The third-order valence-electron chi connectivity index (χ3n) is 6.75. The van der Waals surface area contributed by atoms with Gasteiger partial charge in [-0.3, -0.25) is 0 Å². The predicted octanol–water partition coefficient (Wildman–Crippen LogP) is 6.28. The van der Waals surface area contributed by atoms with Crippen LogP contribution in [0.1, 0.15) is 39.6 Å². The van der Waals surface area contributed by atoms with E-state index in [0.29, 0.717) is 6.54 Å². The Morgan fingerprint density at radius 2 is 1.79 bits per heavy atom. The van der Waals surface area contributed by atoms with Gasteiger partial charge in [-0.25, -0.2) is 4.79 Å². The number of ether oxygens (including phenoxy) is 1. The van der Waals surface area contributed by atoms with Crippen molar-refractivity contribution in [2.75, 3.05) is 19.0 Å². The van der Waals surface area contributed by atoms with Gasteiger partial charge in [-0.15, -0.1) is 0 Å². The molecule has 2 heterocycles. The highest BCUT2D eigenvalue weighted by molar-refractivity contribution is 5.92. The minimum Gasteiger partial charge on any atom is -0.497 e. The highest BCUT2D eigenvalue weighted by Gasteiger charge is 2.34. The Hall–Kier alpha value is -3.73. The number of aromatic nitrogens is 1. The first-order valence-corrected chi connectivity index (χ1v) is 11.3. The van der Waals surface area contributed by atoms with E-state index < -0.39 is 0 Å². The number of fused-ring (bicyclic) bond motifs is 3. The van der Waals surface area contributed by atoms with Gasteiger partial charge >= 0.3 is 6.03 Å². The summed E-state index contributed by atoms with van der Waals surface area (Å²) in [5.74, 6) is 0.839. The molecule has 2 N–H and O–H groups in total. The number of amides is 2. The fraction of sp³-hybridized carbons (Fsp3) is 0.250. The zero-order valence-corrected chi connectivity index (χ0v) is 19.5. The Morgan fingerprint density at radius 3 is 2.52 bits per heavy atom. The second kappa shape index (κ2) is 8.32. The number of aryl methyl sites for hydroxylation is 3. The van der Waals surface area contributed by atoms with Crippen molar-refractivity contribution in [3.8, 4) is 5.75 Å². The molecule has 1 aliphatic rings. The minimum absolute atomic E-state index is 0.0919. The van der Waals surface area contributed by atoms with Gasteiger partial charge in [0.2, 0.25) is 0 Å². The number of urea groups is 1. The summed E-state index contributed by atoms with van der Waals surface area (Å²) >= 11 is 0. The molecule has 4 aromatic rings. The highest BCUT2D eigenvalue weighted by atomic mass is 16.5. The number of carbonyl (C=O) groups is 1. The molecule has 33 heavy (non-hydrogen) atoms. The smallest absolute Gasteiger partial charge is 0.322 e. The second-order valence-corrected chi connectivity index (χ2v) is 8.91. The van der Waals surface area contributed by atoms with E-state index in [1.807, 2.05) is 29.2 Å². The zero-order chi connectivity index (χ0) is 23.1. The van der Waals surface area contributed by atoms with Crippen LogP contribution in [0, 0.1) is 20.8 Å². The molecule has 1 aliphatic heterocycles. The Morgan fingerprint density at radius 1 is 1.00 bits per heavy atom. The zero-order valence-electron chi connectivity index (χ0n) is 19.5. The van der Waals surface area contributed by atoms with Crippen LogP contribution < -0.4 is 10.1 Å². The van der Waals surface area contributed by atoms with Gasteiger partial charge in [0.1, 0.15) is 5.75 Å². The molecule has 0 unspecified atom stereocenters. The molecule has 0 bridgehead atoms. The van der Waals surface area contributed by atoms with Crippen LogP contribution in [0.5, 0.6) is 5.75 Å². The first-order chi connectivity index (χ1) is 15.9. The topological polar surface area (TPSA) is 57.4 Å². The number of hydrogen-bond acceptors (Lipinski definition) is 2. The summed E-state index contributed by atoms with van der Waals surface area (Å²) in [5, 5.41) is 4.29. The van der Waals surface area contributed by atoms with Crippen molar-refractivity contribution in [3.63, 3.8) is 0 Å². The summed E-state index contributed by atoms with van der Waals surface area (Å²) in [6.45, 7) is 6.85. The molecule has 5 nitrogen and oxygen atoms in total. The van der Waals surface area contributed by atoms with Crippen LogP contribution in [-0.4, -0.2) is 29.6 Å². The highest BCUT2D eigenvalue weighted by Crippen LogP contribution is 2.39. The SMILES string of the molecule is COc1ccc2[nH]c3c(c2c1)CCN(C(=O)Nc1ccc(C)c(C)c1)[C@H]3c1ccc(C)cc1. The summed E-state index contributed by atoms with van der Waals surface area (Å²) in [5.41, 5.74) is 8.87. The van der Waals surface area contributed by atoms with Crippen molar-refractivity contribution >= 4 is 22.6 Å². The van der Waals surface area contributed by atoms with Gasteiger partial charge in [-0.2, -0.15) is 0 Å². The lowest BCUT2D eigenvalue weighted by Gasteiger charge is -2.36. The van der Waals surface area contributed by atoms with Gasteiger partial charge in [0, 0.05) is 28.8 Å². The van der Waals surface area contributed by atoms with Crippen molar-refractivity contribution in [2.45, 2.75) is 33.2 Å². The average Bonchev–Trinajstić information content (AvgIpc) is 3.19. The average molecular weight is 440 g/mol. The monoisotopic (exact) mass is 439 g/mol. The van der Waals surface area contributed by atoms with Crippen LogP contribution in [0.25, 0.3) is 10.9 Å². The third kappa shape index (κ3) is 3.84. The van der Waals surface area contributed by atoms with E-state index in [2.05, 4.69) is 67.5 Å². The molecule has 0 spiro atoms. The van der Waals surface area contributed by atoms with Gasteiger partial charge in [0.15, 0.2) is 0 Å². The number of rotatable bonds is 3. The molecule has 0 saturated carbocycles. The molecule has 0 fully saturated rings. The Kier molecular flexibility index (Phi) is 5.33. The fourth-order valence-electron chi connectivity index (χ4n) is 4.72. The van der Waals surface area contributed by atoms with E-state index in [-0.39, 0.29) is 12.1 Å². The standard InChI is InChI=1S/C28H29N3O2/c1-17-5-8-20(9-6-17)27-26-23(24-16-22(33-4)11-12-25(24)30-26)13-14-31(27)28(32)29-21-10-7-18(2)19(3)15-21/h5-12,15-16,27,30H,13-14H2,1-4H3,(H,29,32)/t27-/m0/s1. The lowest BCUT2D eigenvalue weighted by Crippen LogP contribution is -2.43. The van der Waals surface area contributed by atoms with Gasteiger partial charge in [-0.1, -0.05) is 35.9 Å². The van der Waals surface area contributed by atoms with Gasteiger partial charge in [0.25, 0.3) is 0 Å². The molecule has 5 rings (SSSR count). The van der Waals surface area contributed by atoms with Crippen molar-refractivity contribution < 1.29 is 9.53 Å². The van der Waals surface area contributed by atoms with Gasteiger partial charge < -0.3 is 19.9 Å². The first kappa shape index (κ1) is 21.1. The van der Waals surface area contributed by atoms with E-state index >= 15 is 0 Å². The molecule has 0 saturated heterocycles. The predicted molar refractivity (Wildman–Crippen MR) is 133 cm³/mol. The van der Waals surface area contributed by atoms with Crippen molar-refractivity contribution in [1.29, 1.82) is 0 Å². The molecule has 1 atom stereocenters. The van der Waals surface area contributed by atoms with Crippen LogP contribution in [0.3, 0.4) is 0 Å². The molecule has 0 radical (unpaired) electrons. The lowest BCUT2D eigenvalue weighted by atomic mass is 9.92. The maximum atomic E-state index is 13.5. The Labute approximate surface area is 194 Å². The number of carbonyl (C=O) groups excluding carboxylic acids is 1. The fourth-order valence-corrected chi connectivity index (χ4v) is 4.72. The number of H-pyrrole nitrogens is 1. The minimum atomic E-state index is -0.195. The third-order valence-corrected chi connectivity index (χ3v) is 6.75. The molecule has 168 valence electrons. The van der Waals surface area contributed by atoms with Crippen molar-refractivity contribution in [1.82, 2.24) is 9.88 Å². The van der Waals surface area contributed by atoms with E-state index in [9.17, 15) is 4.79 Å². The van der Waals surface area contributed by atoms with E-state index in [0.717, 1.165) is 45.6 Å². The molecule has 1 aromatic heterocycles. The molecule has 0 aliphatic carbocycles. The molecular formula is C28H29N3O2. The molecule has 3 aromatic carbocycles. The number of benzene rings is 3. The van der Waals surface area contributed by atoms with Crippen molar-refractivity contribution in [2.24, 2.45) is 0 Å². The van der Waals surface area contributed by atoms with Crippen LogP contribution in [0.4, 0.5) is 10.5 Å². The van der Waals surface area contributed by atoms with Crippen LogP contribution >= 0.6 is 0 Å². The summed E-state index contributed by atoms with van der Waals surface area (Å²) in [7, 11) is 1.69. The normalized spacial score (nSPS) is 15.4. The first-order valence-electron chi connectivity index (χ1n) is 11.3. The van der Waals surface area contributed by atoms with Crippen molar-refractivity contribution in [3.05, 3.63) is 94.2 Å². The van der Waals surface area contributed by atoms with E-state index in [4.69, 9.17) is 4.74 Å². The van der Waals surface area contributed by atoms with Crippen LogP contribution in [-0.2, 0) is 6.42 Å². The maximum Gasteiger partial charge on any atom is 0.322 e. The van der Waals surface area contributed by atoms with E-state index in [1.54, 1.807) is 7.11 Å². The van der Waals surface area contributed by atoms with Gasteiger partial charge in [0.05, 0.1) is 13.2 Å². The van der Waals surface area contributed by atoms with E-state index in [1.165, 1.54) is 16.7 Å². The number of nitrogens with zero attached hydrogens (tertiary/aromatic N) is 1. The summed E-state index contributed by atoms with van der Waals surface area (Å²) in [6.07, 6.45) is 0.783.